The zero-order valence-corrected chi connectivity index (χ0v) is 12.3. The highest BCUT2D eigenvalue weighted by Crippen LogP contribution is 2.35. The van der Waals surface area contributed by atoms with Gasteiger partial charge in [0, 0.05) is 19.6 Å². The largest absolute Gasteiger partial charge is 0.379 e. The second kappa shape index (κ2) is 5.58. The van der Waals surface area contributed by atoms with Crippen molar-refractivity contribution in [1.29, 1.82) is 0 Å². The summed E-state index contributed by atoms with van der Waals surface area (Å²) in [6, 6.07) is 0. The molecule has 0 N–H and O–H groups in total. The van der Waals surface area contributed by atoms with Gasteiger partial charge in [-0.1, -0.05) is 45.4 Å². The summed E-state index contributed by atoms with van der Waals surface area (Å²) in [6.45, 7) is 14.3. The minimum absolute atomic E-state index is 0.304. The van der Waals surface area contributed by atoms with E-state index in [1.54, 1.807) is 5.57 Å². The molecule has 0 radical (unpaired) electrons. The molecule has 2 aliphatic rings. The zero-order valence-electron chi connectivity index (χ0n) is 12.3. The molecule has 102 valence electrons. The first-order valence-electron chi connectivity index (χ1n) is 7.17. The molecule has 0 spiro atoms. The molecule has 0 aromatic heterocycles. The first kappa shape index (κ1) is 13.8. The summed E-state index contributed by atoms with van der Waals surface area (Å²) < 4.78 is 5.41. The molecule has 0 aromatic rings. The number of morpholine rings is 1. The highest BCUT2D eigenvalue weighted by atomic mass is 16.5. The monoisotopic (exact) mass is 249 g/mol. The number of hydrogen-bond acceptors (Lipinski definition) is 2. The Morgan fingerprint density at radius 1 is 1.28 bits per heavy atom. The van der Waals surface area contributed by atoms with Gasteiger partial charge in [0.1, 0.15) is 0 Å². The summed E-state index contributed by atoms with van der Waals surface area (Å²) >= 11 is 0. The fourth-order valence-corrected chi connectivity index (χ4v) is 2.74. The molecule has 2 rings (SSSR count). The predicted molar refractivity (Wildman–Crippen MR) is 76.7 cm³/mol. The van der Waals surface area contributed by atoms with E-state index in [0.29, 0.717) is 11.3 Å². The number of nitrogens with zero attached hydrogens (tertiary/aromatic N) is 1. The summed E-state index contributed by atoms with van der Waals surface area (Å²) in [6.07, 6.45) is 6.11. The van der Waals surface area contributed by atoms with Gasteiger partial charge in [0.2, 0.25) is 0 Å². The van der Waals surface area contributed by atoms with Crippen LogP contribution in [-0.4, -0.2) is 37.7 Å². The fourth-order valence-electron chi connectivity index (χ4n) is 2.74. The molecule has 1 unspecified atom stereocenters. The van der Waals surface area contributed by atoms with Gasteiger partial charge in [-0.3, -0.25) is 4.90 Å². The van der Waals surface area contributed by atoms with Crippen molar-refractivity contribution in [3.63, 3.8) is 0 Å². The molecule has 1 heterocycles. The van der Waals surface area contributed by atoms with E-state index >= 15 is 0 Å². The van der Waals surface area contributed by atoms with Gasteiger partial charge in [-0.05, 0) is 23.3 Å². The normalized spacial score (nSPS) is 26.8. The average Bonchev–Trinajstić information content (AvgIpc) is 2.28. The minimum atomic E-state index is 0.304. The molecule has 1 fully saturated rings. The van der Waals surface area contributed by atoms with Crippen molar-refractivity contribution in [3.8, 4) is 0 Å². The highest BCUT2D eigenvalue weighted by molar-refractivity contribution is 5.33. The van der Waals surface area contributed by atoms with Gasteiger partial charge >= 0.3 is 0 Å². The molecular formula is C16H27NO. The summed E-state index contributed by atoms with van der Waals surface area (Å²) in [7, 11) is 0. The Hall–Kier alpha value is -0.600. The van der Waals surface area contributed by atoms with Crippen molar-refractivity contribution in [2.45, 2.75) is 34.1 Å². The summed E-state index contributed by atoms with van der Waals surface area (Å²) in [5.74, 6) is 0.681. The Labute approximate surface area is 112 Å². The third-order valence-electron chi connectivity index (χ3n) is 3.87. The number of rotatable bonds is 2. The van der Waals surface area contributed by atoms with Crippen LogP contribution in [0.1, 0.15) is 34.1 Å². The van der Waals surface area contributed by atoms with Crippen LogP contribution in [0, 0.1) is 11.3 Å². The molecule has 1 aliphatic heterocycles. The van der Waals surface area contributed by atoms with Gasteiger partial charge in [0.15, 0.2) is 0 Å². The van der Waals surface area contributed by atoms with Crippen LogP contribution < -0.4 is 0 Å². The maximum absolute atomic E-state index is 5.41. The van der Waals surface area contributed by atoms with Gasteiger partial charge in [-0.25, -0.2) is 0 Å². The summed E-state index contributed by atoms with van der Waals surface area (Å²) in [5.41, 5.74) is 3.40. The van der Waals surface area contributed by atoms with Crippen molar-refractivity contribution >= 4 is 0 Å². The standard InChI is InChI=1S/C16H27NO/c1-13-9-14(11-15(10-13)16(2,3)4)12-17-5-7-18-8-6-17/h9,11,13H,5-8,10,12H2,1-4H3. The van der Waals surface area contributed by atoms with Gasteiger partial charge in [0.05, 0.1) is 13.2 Å². The van der Waals surface area contributed by atoms with Crippen molar-refractivity contribution in [2.75, 3.05) is 32.8 Å². The van der Waals surface area contributed by atoms with Crippen molar-refractivity contribution < 1.29 is 4.74 Å². The third kappa shape index (κ3) is 3.69. The molecule has 18 heavy (non-hydrogen) atoms. The third-order valence-corrected chi connectivity index (χ3v) is 3.87. The van der Waals surface area contributed by atoms with Crippen LogP contribution in [0.2, 0.25) is 0 Å². The average molecular weight is 249 g/mol. The van der Waals surface area contributed by atoms with E-state index < -0.39 is 0 Å². The lowest BCUT2D eigenvalue weighted by molar-refractivity contribution is 0.0425. The van der Waals surface area contributed by atoms with E-state index in [2.05, 4.69) is 44.7 Å². The van der Waals surface area contributed by atoms with Crippen molar-refractivity contribution in [1.82, 2.24) is 4.90 Å². The van der Waals surface area contributed by atoms with Crippen LogP contribution in [-0.2, 0) is 4.74 Å². The lowest BCUT2D eigenvalue weighted by atomic mass is 9.77. The van der Waals surface area contributed by atoms with E-state index in [1.807, 2.05) is 0 Å². The Balaban J connectivity index is 2.04. The maximum atomic E-state index is 5.41. The van der Waals surface area contributed by atoms with E-state index in [1.165, 1.54) is 12.0 Å². The molecule has 2 nitrogen and oxygen atoms in total. The smallest absolute Gasteiger partial charge is 0.0594 e. The molecule has 2 heteroatoms. The number of allylic oxidation sites excluding steroid dienone is 2. The van der Waals surface area contributed by atoms with Crippen LogP contribution >= 0.6 is 0 Å². The maximum Gasteiger partial charge on any atom is 0.0594 e. The second-order valence-corrected chi connectivity index (χ2v) is 6.73. The van der Waals surface area contributed by atoms with E-state index in [4.69, 9.17) is 4.74 Å². The van der Waals surface area contributed by atoms with Gasteiger partial charge in [-0.15, -0.1) is 0 Å². The minimum Gasteiger partial charge on any atom is -0.379 e. The van der Waals surface area contributed by atoms with Crippen LogP contribution in [0.3, 0.4) is 0 Å². The Bertz CT molecular complexity index is 343. The first-order valence-corrected chi connectivity index (χ1v) is 7.17. The molecule has 0 amide bonds. The zero-order chi connectivity index (χ0) is 13.2. The first-order chi connectivity index (χ1) is 8.45. The van der Waals surface area contributed by atoms with Crippen LogP contribution in [0.15, 0.2) is 23.3 Å². The topological polar surface area (TPSA) is 12.5 Å². The summed E-state index contributed by atoms with van der Waals surface area (Å²) in [5, 5.41) is 0. The summed E-state index contributed by atoms with van der Waals surface area (Å²) in [4.78, 5) is 2.50. The van der Waals surface area contributed by atoms with Crippen LogP contribution in [0.4, 0.5) is 0 Å². The van der Waals surface area contributed by atoms with Gasteiger partial charge < -0.3 is 4.74 Å². The molecular weight excluding hydrogens is 222 g/mol. The van der Waals surface area contributed by atoms with Gasteiger partial charge in [0.25, 0.3) is 0 Å². The van der Waals surface area contributed by atoms with Crippen LogP contribution in [0.25, 0.3) is 0 Å². The van der Waals surface area contributed by atoms with E-state index in [-0.39, 0.29) is 0 Å². The SMILES string of the molecule is CC1C=C(CN2CCOCC2)C=C(C(C)(C)C)C1. The Morgan fingerprint density at radius 3 is 2.56 bits per heavy atom. The quantitative estimate of drug-likeness (QED) is 0.745. The molecule has 1 saturated heterocycles. The van der Waals surface area contributed by atoms with Crippen LogP contribution in [0.5, 0.6) is 0 Å². The van der Waals surface area contributed by atoms with E-state index in [9.17, 15) is 0 Å². The number of ether oxygens (including phenoxy) is 1. The molecule has 0 bridgehead atoms. The number of hydrogen-bond donors (Lipinski definition) is 0. The molecule has 1 atom stereocenters. The molecule has 1 aliphatic carbocycles. The van der Waals surface area contributed by atoms with Crippen molar-refractivity contribution in [2.24, 2.45) is 11.3 Å². The fraction of sp³-hybridized carbons (Fsp3) is 0.750. The van der Waals surface area contributed by atoms with Gasteiger partial charge in [-0.2, -0.15) is 0 Å². The predicted octanol–water partition coefficient (Wildman–Crippen LogP) is 3.26. The molecule has 0 aromatic carbocycles. The van der Waals surface area contributed by atoms with E-state index in [0.717, 1.165) is 32.8 Å². The highest BCUT2D eigenvalue weighted by Gasteiger charge is 2.23. The Kier molecular flexibility index (Phi) is 4.29. The lowest BCUT2D eigenvalue weighted by Gasteiger charge is -2.32. The second-order valence-electron chi connectivity index (χ2n) is 6.73. The molecule has 0 saturated carbocycles. The Morgan fingerprint density at radius 2 is 1.94 bits per heavy atom. The lowest BCUT2D eigenvalue weighted by Crippen LogP contribution is -2.37. The van der Waals surface area contributed by atoms with Crippen molar-refractivity contribution in [3.05, 3.63) is 23.3 Å².